The van der Waals surface area contributed by atoms with E-state index in [1.54, 1.807) is 11.3 Å². The van der Waals surface area contributed by atoms with Crippen LogP contribution < -0.4 is 5.32 Å². The van der Waals surface area contributed by atoms with Crippen molar-refractivity contribution in [2.75, 3.05) is 7.05 Å². The number of thiazole rings is 1. The summed E-state index contributed by atoms with van der Waals surface area (Å²) in [4.78, 5) is 4.24. The Morgan fingerprint density at radius 2 is 2.45 bits per heavy atom. The van der Waals surface area contributed by atoms with Crippen LogP contribution in [-0.4, -0.2) is 12.0 Å². The Kier molecular flexibility index (Phi) is 5.86. The van der Waals surface area contributed by atoms with E-state index in [1.165, 1.54) is 0 Å². The lowest BCUT2D eigenvalue weighted by atomic mass is 10.6. The van der Waals surface area contributed by atoms with Crippen LogP contribution in [0, 0.1) is 0 Å². The third kappa shape index (κ3) is 3.38. The van der Waals surface area contributed by atoms with Gasteiger partial charge < -0.3 is 5.32 Å². The highest BCUT2D eigenvalue weighted by Crippen LogP contribution is 2.10. The average Bonchev–Trinajstić information content (AvgIpc) is 2.37. The Hall–Kier alpha value is 0.170. The van der Waals surface area contributed by atoms with Gasteiger partial charge in [0.15, 0.2) is 0 Å². The summed E-state index contributed by atoms with van der Waals surface area (Å²) >= 11 is 7.20. The van der Waals surface area contributed by atoms with Gasteiger partial charge >= 0.3 is 0 Å². The van der Waals surface area contributed by atoms with Crippen molar-refractivity contribution in [3.05, 3.63) is 16.1 Å². The lowest BCUT2D eigenvalue weighted by molar-refractivity contribution is 0.806. The fraction of sp³-hybridized carbons (Fsp3) is 0.500. The highest BCUT2D eigenvalue weighted by atomic mass is 35.5. The second kappa shape index (κ2) is 5.77. The molecule has 1 aromatic heterocycles. The minimum Gasteiger partial charge on any atom is -0.314 e. The second-order valence-corrected chi connectivity index (χ2v) is 3.11. The molecule has 0 atom stereocenters. The molecule has 0 fully saturated rings. The molecule has 11 heavy (non-hydrogen) atoms. The molecule has 0 aliphatic heterocycles. The zero-order valence-electron chi connectivity index (χ0n) is 6.13. The number of halogens is 2. The highest BCUT2D eigenvalue weighted by molar-refractivity contribution is 7.09. The van der Waals surface area contributed by atoms with Crippen LogP contribution in [0.2, 0.25) is 0 Å². The number of hydrogen-bond donors (Lipinski definition) is 1. The third-order valence-corrected chi connectivity index (χ3v) is 2.24. The van der Waals surface area contributed by atoms with Crippen LogP contribution in [0.25, 0.3) is 0 Å². The Morgan fingerprint density at radius 1 is 1.73 bits per heavy atom. The first-order valence-corrected chi connectivity index (χ1v) is 4.42. The Balaban J connectivity index is 0.000001000. The SMILES string of the molecule is CNCc1nc(CCl)cs1.Cl. The van der Waals surface area contributed by atoms with Crippen molar-refractivity contribution in [1.29, 1.82) is 0 Å². The fourth-order valence-electron chi connectivity index (χ4n) is 0.643. The Bertz CT molecular complexity index is 202. The van der Waals surface area contributed by atoms with Gasteiger partial charge in [0.05, 0.1) is 11.6 Å². The number of aromatic nitrogens is 1. The van der Waals surface area contributed by atoms with E-state index in [0.717, 1.165) is 17.2 Å². The molecular weight excluding hydrogens is 203 g/mol. The van der Waals surface area contributed by atoms with E-state index in [4.69, 9.17) is 11.6 Å². The minimum absolute atomic E-state index is 0. The molecule has 5 heteroatoms. The van der Waals surface area contributed by atoms with Gasteiger partial charge in [-0.05, 0) is 7.05 Å². The topological polar surface area (TPSA) is 24.9 Å². The largest absolute Gasteiger partial charge is 0.314 e. The van der Waals surface area contributed by atoms with E-state index in [1.807, 2.05) is 12.4 Å². The van der Waals surface area contributed by atoms with Crippen molar-refractivity contribution < 1.29 is 0 Å². The summed E-state index contributed by atoms with van der Waals surface area (Å²) in [6, 6.07) is 0. The fourth-order valence-corrected chi connectivity index (χ4v) is 1.68. The number of rotatable bonds is 3. The molecule has 64 valence electrons. The molecule has 1 heterocycles. The van der Waals surface area contributed by atoms with Crippen molar-refractivity contribution in [2.45, 2.75) is 12.4 Å². The molecule has 0 bridgehead atoms. The third-order valence-electron chi connectivity index (χ3n) is 1.06. The monoisotopic (exact) mass is 212 g/mol. The van der Waals surface area contributed by atoms with Gasteiger partial charge in [0, 0.05) is 11.9 Å². The summed E-state index contributed by atoms with van der Waals surface area (Å²) < 4.78 is 0. The van der Waals surface area contributed by atoms with Crippen molar-refractivity contribution >= 4 is 35.3 Å². The molecule has 1 rings (SSSR count). The summed E-state index contributed by atoms with van der Waals surface area (Å²) in [5.41, 5.74) is 0.969. The maximum absolute atomic E-state index is 5.56. The van der Waals surface area contributed by atoms with Crippen LogP contribution in [0.1, 0.15) is 10.7 Å². The van der Waals surface area contributed by atoms with Gasteiger partial charge in [-0.1, -0.05) is 0 Å². The maximum atomic E-state index is 5.56. The van der Waals surface area contributed by atoms with Crippen molar-refractivity contribution in [2.24, 2.45) is 0 Å². The van der Waals surface area contributed by atoms with Gasteiger partial charge in [-0.3, -0.25) is 0 Å². The van der Waals surface area contributed by atoms with E-state index >= 15 is 0 Å². The zero-order valence-corrected chi connectivity index (χ0v) is 8.52. The van der Waals surface area contributed by atoms with Crippen LogP contribution in [0.5, 0.6) is 0 Å². The summed E-state index contributed by atoms with van der Waals surface area (Å²) in [5, 5.41) is 6.11. The number of hydrogen-bond acceptors (Lipinski definition) is 3. The molecular formula is C6H10Cl2N2S. The van der Waals surface area contributed by atoms with Crippen LogP contribution in [0.15, 0.2) is 5.38 Å². The number of nitrogens with one attached hydrogen (secondary N) is 1. The van der Waals surface area contributed by atoms with Gasteiger partial charge in [-0.2, -0.15) is 0 Å². The zero-order chi connectivity index (χ0) is 7.40. The molecule has 0 spiro atoms. The quantitative estimate of drug-likeness (QED) is 0.777. The molecule has 1 N–H and O–H groups in total. The molecule has 1 aromatic rings. The van der Waals surface area contributed by atoms with Crippen molar-refractivity contribution in [1.82, 2.24) is 10.3 Å². The van der Waals surface area contributed by atoms with E-state index < -0.39 is 0 Å². The Morgan fingerprint density at radius 3 is 2.91 bits per heavy atom. The molecule has 0 aliphatic carbocycles. The standard InChI is InChI=1S/C6H9ClN2S.ClH/c1-8-3-6-9-5(2-7)4-10-6;/h4,8H,2-3H2,1H3;1H. The van der Waals surface area contributed by atoms with Gasteiger partial charge in [-0.15, -0.1) is 35.3 Å². The van der Waals surface area contributed by atoms with Crippen LogP contribution >= 0.6 is 35.3 Å². The molecule has 2 nitrogen and oxygen atoms in total. The van der Waals surface area contributed by atoms with Crippen LogP contribution in [0.3, 0.4) is 0 Å². The molecule has 0 aliphatic rings. The summed E-state index contributed by atoms with van der Waals surface area (Å²) in [6.45, 7) is 0.835. The van der Waals surface area contributed by atoms with E-state index in [0.29, 0.717) is 5.88 Å². The number of alkyl halides is 1. The summed E-state index contributed by atoms with van der Waals surface area (Å²) in [6.07, 6.45) is 0. The van der Waals surface area contributed by atoms with Crippen molar-refractivity contribution in [3.63, 3.8) is 0 Å². The summed E-state index contributed by atoms with van der Waals surface area (Å²) in [5.74, 6) is 0.514. The van der Waals surface area contributed by atoms with E-state index in [-0.39, 0.29) is 12.4 Å². The highest BCUT2D eigenvalue weighted by Gasteiger charge is 1.97. The van der Waals surface area contributed by atoms with Gasteiger partial charge in [0.2, 0.25) is 0 Å². The van der Waals surface area contributed by atoms with Crippen LogP contribution in [0.4, 0.5) is 0 Å². The van der Waals surface area contributed by atoms with E-state index in [9.17, 15) is 0 Å². The molecule has 0 amide bonds. The number of nitrogens with zero attached hydrogens (tertiary/aromatic N) is 1. The first kappa shape index (κ1) is 11.2. The van der Waals surface area contributed by atoms with Crippen molar-refractivity contribution in [3.8, 4) is 0 Å². The lowest BCUT2D eigenvalue weighted by Gasteiger charge is -1.89. The second-order valence-electron chi connectivity index (χ2n) is 1.90. The van der Waals surface area contributed by atoms with Gasteiger partial charge in [0.25, 0.3) is 0 Å². The molecule has 0 radical (unpaired) electrons. The van der Waals surface area contributed by atoms with Gasteiger partial charge in [-0.25, -0.2) is 4.98 Å². The Labute approximate surface area is 81.4 Å². The predicted molar refractivity (Wildman–Crippen MR) is 51.7 cm³/mol. The minimum atomic E-state index is 0. The average molecular weight is 213 g/mol. The first-order valence-electron chi connectivity index (χ1n) is 3.00. The normalized spacial score (nSPS) is 9.27. The first-order chi connectivity index (χ1) is 4.86. The molecule has 0 saturated carbocycles. The van der Waals surface area contributed by atoms with E-state index in [2.05, 4.69) is 10.3 Å². The molecule has 0 aromatic carbocycles. The smallest absolute Gasteiger partial charge is 0.107 e. The maximum Gasteiger partial charge on any atom is 0.107 e. The predicted octanol–water partition coefficient (Wildman–Crippen LogP) is 2.02. The van der Waals surface area contributed by atoms with Gasteiger partial charge in [0.1, 0.15) is 5.01 Å². The molecule has 0 saturated heterocycles. The summed E-state index contributed by atoms with van der Waals surface area (Å²) in [7, 11) is 1.90. The lowest BCUT2D eigenvalue weighted by Crippen LogP contribution is -2.04. The van der Waals surface area contributed by atoms with Crippen LogP contribution in [-0.2, 0) is 12.4 Å². The molecule has 0 unspecified atom stereocenters.